The molecule has 2 aliphatic heterocycles. The van der Waals surface area contributed by atoms with E-state index in [1.54, 1.807) is 13.0 Å². The van der Waals surface area contributed by atoms with E-state index in [-0.39, 0.29) is 16.8 Å². The number of fused-ring (bicyclic) bond motifs is 5. The number of aromatic nitrogens is 1. The van der Waals surface area contributed by atoms with Crippen LogP contribution < -0.4 is 0 Å². The molecular formula is C43H49NO18. The van der Waals surface area contributed by atoms with E-state index in [1.807, 2.05) is 0 Å². The molecular weight excluding hydrogens is 818 g/mol. The van der Waals surface area contributed by atoms with Gasteiger partial charge in [0, 0.05) is 46.7 Å². The second-order valence-electron chi connectivity index (χ2n) is 16.5. The molecule has 62 heavy (non-hydrogen) atoms. The molecule has 0 amide bonds. The van der Waals surface area contributed by atoms with Crippen molar-refractivity contribution in [2.75, 3.05) is 13.2 Å². The van der Waals surface area contributed by atoms with E-state index in [9.17, 15) is 43.5 Å². The monoisotopic (exact) mass is 867 g/mol. The number of rotatable bonds is 8. The topological polar surface area (TPSA) is 253 Å². The number of pyridine rings is 1. The third-order valence-corrected chi connectivity index (χ3v) is 12.4. The number of carbonyl (C=O) groups is 8. The minimum Gasteiger partial charge on any atom is -0.465 e. The van der Waals surface area contributed by atoms with Crippen molar-refractivity contribution in [1.29, 1.82) is 0 Å². The highest BCUT2D eigenvalue weighted by molar-refractivity contribution is 5.91. The van der Waals surface area contributed by atoms with Gasteiger partial charge in [-0.05, 0) is 38.1 Å². The molecule has 1 aromatic carbocycles. The molecule has 1 saturated heterocycles. The van der Waals surface area contributed by atoms with Crippen LogP contribution in [0, 0.1) is 17.3 Å². The summed E-state index contributed by atoms with van der Waals surface area (Å²) in [6.45, 7) is 8.67. The quantitative estimate of drug-likeness (QED) is 0.295. The third kappa shape index (κ3) is 7.43. The predicted molar refractivity (Wildman–Crippen MR) is 205 cm³/mol. The summed E-state index contributed by atoms with van der Waals surface area (Å²) in [6, 6.07) is 10.4. The molecule has 19 nitrogen and oxygen atoms in total. The van der Waals surface area contributed by atoms with Crippen molar-refractivity contribution in [1.82, 2.24) is 4.98 Å². The summed E-state index contributed by atoms with van der Waals surface area (Å²) >= 11 is 0. The average molecular weight is 868 g/mol. The minimum absolute atomic E-state index is 0.0497. The molecule has 3 heterocycles. The Balaban J connectivity index is 1.80. The van der Waals surface area contributed by atoms with E-state index >= 15 is 0 Å². The van der Waals surface area contributed by atoms with E-state index < -0.39 is 138 Å². The van der Waals surface area contributed by atoms with Gasteiger partial charge in [-0.2, -0.15) is 0 Å². The van der Waals surface area contributed by atoms with Crippen molar-refractivity contribution >= 4 is 47.8 Å². The smallest absolute Gasteiger partial charge is 0.340 e. The minimum atomic E-state index is -2.86. The summed E-state index contributed by atoms with van der Waals surface area (Å²) in [5, 5.41) is 13.6. The van der Waals surface area contributed by atoms with E-state index in [1.165, 1.54) is 56.4 Å². The first-order valence-electron chi connectivity index (χ1n) is 19.9. The molecule has 13 atom stereocenters. The first-order valence-corrected chi connectivity index (χ1v) is 19.9. The van der Waals surface area contributed by atoms with Crippen LogP contribution in [0.4, 0.5) is 0 Å². The number of esters is 8. The first-order chi connectivity index (χ1) is 29.0. The molecule has 0 unspecified atom stereocenters. The Hall–Kier alpha value is -5.95. The highest BCUT2D eigenvalue weighted by atomic mass is 16.7. The number of ether oxygens (including phenoxy) is 9. The van der Waals surface area contributed by atoms with Crippen molar-refractivity contribution in [3.05, 3.63) is 65.5 Å². The molecule has 1 N–H and O–H groups in total. The van der Waals surface area contributed by atoms with E-state index in [0.29, 0.717) is 0 Å². The van der Waals surface area contributed by atoms with Gasteiger partial charge in [-0.15, -0.1) is 0 Å². The Labute approximate surface area is 355 Å². The molecule has 1 aromatic heterocycles. The van der Waals surface area contributed by atoms with Gasteiger partial charge in [0.15, 0.2) is 30.0 Å². The maximum Gasteiger partial charge on any atom is 0.340 e. The largest absolute Gasteiger partial charge is 0.465 e. The number of cyclic esters (lactones) is 1. The van der Waals surface area contributed by atoms with Crippen LogP contribution in [-0.4, -0.2) is 124 Å². The third-order valence-electron chi connectivity index (χ3n) is 12.4. The summed E-state index contributed by atoms with van der Waals surface area (Å²) in [4.78, 5) is 114. The fraction of sp³-hybridized carbons (Fsp3) is 0.558. The van der Waals surface area contributed by atoms with Crippen LogP contribution in [0.3, 0.4) is 0 Å². The maximum atomic E-state index is 14.5. The highest BCUT2D eigenvalue weighted by Gasteiger charge is 2.92. The Morgan fingerprint density at radius 1 is 0.742 bits per heavy atom. The van der Waals surface area contributed by atoms with Gasteiger partial charge in [0.1, 0.15) is 42.0 Å². The maximum absolute atomic E-state index is 14.5. The molecule has 6 rings (SSSR count). The standard InChI is InChI=1S/C43H49NO18/c1-20-21(2)37(50)60-34-32(57-24(5)47)36(59-26(7)49)42(19-54-22(3)45)35(61-38(51)27-14-11-10-12-15-27)31(56-23(4)46)29-33(58-25(6)48)43(42,41(34,9)53)62-40(29,8)18-55-39(52)28-16-13-17-44-30(20)28/h10-17,20-21,29,31-36,53H,18-19H2,1-9H3/t20-,21+,29+,31-,32-,33+,34-,35-,36+,40-,41-,42+,43-/m0/s1. The molecule has 4 aliphatic rings. The fourth-order valence-electron chi connectivity index (χ4n) is 9.83. The normalized spacial score (nSPS) is 36.0. The second-order valence-corrected chi connectivity index (χ2v) is 16.5. The summed E-state index contributed by atoms with van der Waals surface area (Å²) in [5.74, 6) is -11.8. The first kappa shape index (κ1) is 45.6. The molecule has 3 fully saturated rings. The number of nitrogens with zero attached hydrogens (tertiary/aromatic N) is 1. The van der Waals surface area contributed by atoms with Crippen LogP contribution in [0.25, 0.3) is 0 Å². The van der Waals surface area contributed by atoms with Gasteiger partial charge in [-0.25, -0.2) is 9.59 Å². The highest BCUT2D eigenvalue weighted by Crippen LogP contribution is 2.70. The van der Waals surface area contributed by atoms with Crippen LogP contribution in [0.15, 0.2) is 48.7 Å². The lowest BCUT2D eigenvalue weighted by molar-refractivity contribution is -0.386. The van der Waals surface area contributed by atoms with Crippen molar-refractivity contribution < 1.29 is 86.1 Å². The van der Waals surface area contributed by atoms with Crippen LogP contribution in [0.1, 0.15) is 94.6 Å². The van der Waals surface area contributed by atoms with Crippen molar-refractivity contribution in [2.24, 2.45) is 17.3 Å². The van der Waals surface area contributed by atoms with Crippen LogP contribution in [0.5, 0.6) is 0 Å². The molecule has 19 heteroatoms. The number of benzene rings is 1. The Bertz CT molecular complexity index is 2160. The lowest BCUT2D eigenvalue weighted by Crippen LogP contribution is -2.89. The fourth-order valence-corrected chi connectivity index (χ4v) is 9.83. The molecule has 1 spiro atoms. The summed E-state index contributed by atoms with van der Waals surface area (Å²) < 4.78 is 55.4. The molecule has 2 saturated carbocycles. The zero-order valence-electron chi connectivity index (χ0n) is 35.6. The lowest BCUT2D eigenvalue weighted by Gasteiger charge is -2.67. The zero-order chi connectivity index (χ0) is 45.7. The Morgan fingerprint density at radius 2 is 1.32 bits per heavy atom. The molecule has 334 valence electrons. The van der Waals surface area contributed by atoms with E-state index in [0.717, 1.165) is 41.5 Å². The lowest BCUT2D eigenvalue weighted by atomic mass is 9.45. The van der Waals surface area contributed by atoms with Crippen LogP contribution in [0.2, 0.25) is 0 Å². The van der Waals surface area contributed by atoms with E-state index in [4.69, 9.17) is 42.6 Å². The number of hydrogen-bond donors (Lipinski definition) is 1. The van der Waals surface area contributed by atoms with Crippen molar-refractivity contribution in [3.63, 3.8) is 0 Å². The summed E-state index contributed by atoms with van der Waals surface area (Å²) in [7, 11) is 0. The Morgan fingerprint density at radius 3 is 1.92 bits per heavy atom. The molecule has 2 aromatic rings. The Kier molecular flexibility index (Phi) is 12.3. The van der Waals surface area contributed by atoms with E-state index in [2.05, 4.69) is 4.98 Å². The number of hydrogen-bond acceptors (Lipinski definition) is 19. The van der Waals surface area contributed by atoms with Crippen molar-refractivity contribution in [2.45, 2.75) is 122 Å². The SMILES string of the molecule is CC(=O)OC[C@@]12[C@H](OC(C)=O)[C@@H](OC(C)=O)[C@@H]3OC(=O)[C@H](C)[C@H](C)c4ncccc4C(=O)OC[C@]4(C)O[C@@]1([C@H](OC(C)=O)[C@H]4[C@H](OC(C)=O)[C@@H]2OC(=O)c1ccccc1)[C@@]3(C)O. The van der Waals surface area contributed by atoms with Gasteiger partial charge in [-0.3, -0.25) is 33.8 Å². The second kappa shape index (κ2) is 16.7. The number of aliphatic hydroxyl groups is 1. The summed E-state index contributed by atoms with van der Waals surface area (Å²) in [5.41, 5.74) is -10.4. The number of carbonyl (C=O) groups excluding carboxylic acids is 8. The van der Waals surface area contributed by atoms with Crippen LogP contribution >= 0.6 is 0 Å². The zero-order valence-corrected chi connectivity index (χ0v) is 35.6. The van der Waals surface area contributed by atoms with Gasteiger partial charge >= 0.3 is 47.8 Å². The van der Waals surface area contributed by atoms with Gasteiger partial charge < -0.3 is 47.7 Å². The van der Waals surface area contributed by atoms with Gasteiger partial charge in [0.05, 0.1) is 28.7 Å². The van der Waals surface area contributed by atoms with Gasteiger partial charge in [0.2, 0.25) is 0 Å². The molecule has 2 aliphatic carbocycles. The predicted octanol–water partition coefficient (Wildman–Crippen LogP) is 2.33. The van der Waals surface area contributed by atoms with Crippen molar-refractivity contribution in [3.8, 4) is 0 Å². The van der Waals surface area contributed by atoms with Crippen LogP contribution in [-0.2, 0) is 71.4 Å². The molecule has 4 bridgehead atoms. The van der Waals surface area contributed by atoms with Gasteiger partial charge in [-0.1, -0.05) is 32.0 Å². The average Bonchev–Trinajstić information content (AvgIpc) is 3.42. The molecule has 0 radical (unpaired) electrons. The summed E-state index contributed by atoms with van der Waals surface area (Å²) in [6.07, 6.45) is -10.8. The van der Waals surface area contributed by atoms with Gasteiger partial charge in [0.25, 0.3) is 0 Å².